The average molecular weight is 178 g/mol. The summed E-state index contributed by atoms with van der Waals surface area (Å²) in [4.78, 5) is 0. The van der Waals surface area contributed by atoms with E-state index in [2.05, 4.69) is 24.3 Å². The molecule has 2 unspecified atom stereocenters. The van der Waals surface area contributed by atoms with E-state index in [1.807, 2.05) is 0 Å². The number of hydrogen-bond donors (Lipinski definition) is 0. The van der Waals surface area contributed by atoms with Gasteiger partial charge in [-0.3, -0.25) is 0 Å². The molecule has 1 saturated heterocycles. The van der Waals surface area contributed by atoms with Gasteiger partial charge >= 0.3 is 0 Å². The van der Waals surface area contributed by atoms with Crippen LogP contribution in [-0.4, -0.2) is 12.2 Å². The van der Waals surface area contributed by atoms with Crippen LogP contribution in [0.5, 0.6) is 0 Å². The zero-order valence-corrected chi connectivity index (χ0v) is 8.11. The standard InChI is InChI=1S/C12H18O/c1-2-4-6-8-10-12-11(13-12)9-7-5-3-1/h3,5,7,9,11-12H,1-2,4,6,8,10H2/b5-3-,9-7-. The molecule has 1 aliphatic heterocycles. The quantitative estimate of drug-likeness (QED) is 0.519. The summed E-state index contributed by atoms with van der Waals surface area (Å²) in [5.74, 6) is 0. The second kappa shape index (κ2) is 4.61. The van der Waals surface area contributed by atoms with E-state index >= 15 is 0 Å². The fourth-order valence-electron chi connectivity index (χ4n) is 1.87. The molecule has 0 N–H and O–H groups in total. The molecule has 2 aliphatic rings. The first-order valence-corrected chi connectivity index (χ1v) is 5.45. The molecule has 0 aromatic carbocycles. The van der Waals surface area contributed by atoms with Gasteiger partial charge in [-0.2, -0.15) is 0 Å². The topological polar surface area (TPSA) is 12.5 Å². The molecule has 1 heteroatoms. The van der Waals surface area contributed by atoms with Crippen LogP contribution in [0.1, 0.15) is 38.5 Å². The van der Waals surface area contributed by atoms with E-state index in [4.69, 9.17) is 4.74 Å². The number of fused-ring (bicyclic) bond motifs is 1. The number of allylic oxidation sites excluding steroid dienone is 3. The molecule has 1 nitrogen and oxygen atoms in total. The van der Waals surface area contributed by atoms with Gasteiger partial charge in [-0.15, -0.1) is 0 Å². The zero-order chi connectivity index (χ0) is 8.93. The van der Waals surface area contributed by atoms with Crippen molar-refractivity contribution in [3.05, 3.63) is 24.3 Å². The third-order valence-electron chi connectivity index (χ3n) is 2.78. The Morgan fingerprint density at radius 2 is 1.92 bits per heavy atom. The third kappa shape index (κ3) is 3.00. The second-order valence-corrected chi connectivity index (χ2v) is 3.94. The summed E-state index contributed by atoms with van der Waals surface area (Å²) >= 11 is 0. The Balaban J connectivity index is 1.82. The maximum atomic E-state index is 5.51. The van der Waals surface area contributed by atoms with Gasteiger partial charge in [0.2, 0.25) is 0 Å². The summed E-state index contributed by atoms with van der Waals surface area (Å²) in [7, 11) is 0. The van der Waals surface area contributed by atoms with E-state index in [1.54, 1.807) is 0 Å². The second-order valence-electron chi connectivity index (χ2n) is 3.94. The zero-order valence-electron chi connectivity index (χ0n) is 8.11. The van der Waals surface area contributed by atoms with Crippen molar-refractivity contribution in [3.63, 3.8) is 0 Å². The third-order valence-corrected chi connectivity index (χ3v) is 2.78. The molecule has 0 spiro atoms. The normalized spacial score (nSPS) is 39.4. The summed E-state index contributed by atoms with van der Waals surface area (Å²) in [6.07, 6.45) is 17.7. The van der Waals surface area contributed by atoms with Crippen LogP contribution in [0.4, 0.5) is 0 Å². The van der Waals surface area contributed by atoms with Crippen molar-refractivity contribution in [2.45, 2.75) is 50.7 Å². The lowest BCUT2D eigenvalue weighted by Crippen LogP contribution is -1.91. The fourth-order valence-corrected chi connectivity index (χ4v) is 1.87. The van der Waals surface area contributed by atoms with E-state index in [-0.39, 0.29) is 0 Å². The van der Waals surface area contributed by atoms with E-state index in [0.29, 0.717) is 12.2 Å². The molecule has 1 fully saturated rings. The molecule has 13 heavy (non-hydrogen) atoms. The molecular weight excluding hydrogens is 160 g/mol. The van der Waals surface area contributed by atoms with Crippen LogP contribution in [0.15, 0.2) is 24.3 Å². The van der Waals surface area contributed by atoms with Gasteiger partial charge < -0.3 is 4.74 Å². The minimum absolute atomic E-state index is 0.434. The Morgan fingerprint density at radius 3 is 2.92 bits per heavy atom. The van der Waals surface area contributed by atoms with Gasteiger partial charge in [0.05, 0.1) is 6.10 Å². The highest BCUT2D eigenvalue weighted by molar-refractivity contribution is 5.10. The largest absolute Gasteiger partial charge is 0.365 e. The first kappa shape index (κ1) is 9.01. The van der Waals surface area contributed by atoms with Gasteiger partial charge in [-0.05, 0) is 19.3 Å². The molecule has 0 aromatic rings. The van der Waals surface area contributed by atoms with Crippen molar-refractivity contribution >= 4 is 0 Å². The number of ether oxygens (including phenoxy) is 1. The predicted octanol–water partition coefficient (Wildman–Crippen LogP) is 3.22. The molecule has 72 valence electrons. The average Bonchev–Trinajstić information content (AvgIpc) is 2.83. The SMILES string of the molecule is C1=C\CCCCCCC2OC2\C=C/1. The van der Waals surface area contributed by atoms with Gasteiger partial charge in [-0.25, -0.2) is 0 Å². The lowest BCUT2D eigenvalue weighted by atomic mass is 10.1. The van der Waals surface area contributed by atoms with Crippen LogP contribution in [-0.2, 0) is 4.74 Å². The van der Waals surface area contributed by atoms with Crippen molar-refractivity contribution < 1.29 is 4.74 Å². The number of epoxide rings is 1. The van der Waals surface area contributed by atoms with Crippen LogP contribution in [0.2, 0.25) is 0 Å². The molecule has 1 heterocycles. The Labute approximate surface area is 80.5 Å². The Kier molecular flexibility index (Phi) is 3.20. The molecule has 0 bridgehead atoms. The van der Waals surface area contributed by atoms with Gasteiger partial charge in [0.15, 0.2) is 0 Å². The summed E-state index contributed by atoms with van der Waals surface area (Å²) in [5.41, 5.74) is 0. The lowest BCUT2D eigenvalue weighted by Gasteiger charge is -1.98. The summed E-state index contributed by atoms with van der Waals surface area (Å²) in [5, 5.41) is 0. The van der Waals surface area contributed by atoms with Crippen LogP contribution in [0.25, 0.3) is 0 Å². The number of rotatable bonds is 0. The Bertz CT molecular complexity index is 205. The first-order chi connectivity index (χ1) is 6.47. The predicted molar refractivity (Wildman–Crippen MR) is 54.6 cm³/mol. The molecule has 0 amide bonds. The van der Waals surface area contributed by atoms with Crippen LogP contribution in [0.3, 0.4) is 0 Å². The van der Waals surface area contributed by atoms with E-state index in [9.17, 15) is 0 Å². The van der Waals surface area contributed by atoms with Crippen molar-refractivity contribution in [1.82, 2.24) is 0 Å². The smallest absolute Gasteiger partial charge is 0.103 e. The summed E-state index contributed by atoms with van der Waals surface area (Å²) in [6, 6.07) is 0. The van der Waals surface area contributed by atoms with Gasteiger partial charge in [0.1, 0.15) is 6.10 Å². The highest BCUT2D eigenvalue weighted by atomic mass is 16.6. The molecule has 1 aliphatic carbocycles. The van der Waals surface area contributed by atoms with E-state index < -0.39 is 0 Å². The highest BCUT2D eigenvalue weighted by Crippen LogP contribution is 2.28. The summed E-state index contributed by atoms with van der Waals surface area (Å²) in [6.45, 7) is 0. The molecule has 0 radical (unpaired) electrons. The van der Waals surface area contributed by atoms with Crippen LogP contribution >= 0.6 is 0 Å². The van der Waals surface area contributed by atoms with Gasteiger partial charge in [-0.1, -0.05) is 43.6 Å². The molecule has 0 aromatic heterocycles. The maximum Gasteiger partial charge on any atom is 0.103 e. The van der Waals surface area contributed by atoms with Crippen molar-refractivity contribution in [3.8, 4) is 0 Å². The van der Waals surface area contributed by atoms with Crippen molar-refractivity contribution in [2.24, 2.45) is 0 Å². The summed E-state index contributed by atoms with van der Waals surface area (Å²) < 4.78 is 5.51. The fraction of sp³-hybridized carbons (Fsp3) is 0.667. The van der Waals surface area contributed by atoms with E-state index in [0.717, 1.165) is 0 Å². The highest BCUT2D eigenvalue weighted by Gasteiger charge is 2.35. The van der Waals surface area contributed by atoms with Gasteiger partial charge in [0.25, 0.3) is 0 Å². The first-order valence-electron chi connectivity index (χ1n) is 5.45. The molecular formula is C12H18O. The number of hydrogen-bond acceptors (Lipinski definition) is 1. The van der Waals surface area contributed by atoms with Gasteiger partial charge in [0, 0.05) is 0 Å². The maximum absolute atomic E-state index is 5.51. The Hall–Kier alpha value is -0.560. The van der Waals surface area contributed by atoms with Crippen LogP contribution < -0.4 is 0 Å². The molecule has 0 saturated carbocycles. The minimum atomic E-state index is 0.434. The minimum Gasteiger partial charge on any atom is -0.365 e. The van der Waals surface area contributed by atoms with Crippen molar-refractivity contribution in [1.29, 1.82) is 0 Å². The Morgan fingerprint density at radius 1 is 1.00 bits per heavy atom. The molecule has 2 rings (SSSR count). The van der Waals surface area contributed by atoms with Crippen LogP contribution in [0, 0.1) is 0 Å². The monoisotopic (exact) mass is 178 g/mol. The molecule has 2 atom stereocenters. The lowest BCUT2D eigenvalue weighted by molar-refractivity contribution is 0.373. The van der Waals surface area contributed by atoms with E-state index in [1.165, 1.54) is 38.5 Å². The van der Waals surface area contributed by atoms with Crippen molar-refractivity contribution in [2.75, 3.05) is 0 Å².